The summed E-state index contributed by atoms with van der Waals surface area (Å²) in [6.07, 6.45) is 6.97. The van der Waals surface area contributed by atoms with E-state index in [2.05, 4.69) is 33.8 Å². The van der Waals surface area contributed by atoms with E-state index in [0.717, 1.165) is 50.7 Å². The highest BCUT2D eigenvalue weighted by atomic mass is 16.2. The Hall–Kier alpha value is -2.44. The fourth-order valence-corrected chi connectivity index (χ4v) is 3.09. The highest BCUT2D eigenvalue weighted by molar-refractivity contribution is 5.79. The average Bonchev–Trinajstić information content (AvgIpc) is 3.18. The Kier molecular flexibility index (Phi) is 5.08. The SMILES string of the molecule is CCC(CC)C(=O)N1CCN(c2cc(-n3cccn3)ncn2)CC1. The molecule has 0 saturated carbocycles. The fourth-order valence-electron chi connectivity index (χ4n) is 3.09. The van der Waals surface area contributed by atoms with Gasteiger partial charge in [0.2, 0.25) is 5.91 Å². The minimum absolute atomic E-state index is 0.155. The quantitative estimate of drug-likeness (QED) is 0.836. The monoisotopic (exact) mass is 328 g/mol. The first-order chi connectivity index (χ1) is 11.7. The number of rotatable bonds is 5. The average molecular weight is 328 g/mol. The van der Waals surface area contributed by atoms with E-state index in [1.807, 2.05) is 23.2 Å². The van der Waals surface area contributed by atoms with Crippen molar-refractivity contribution in [3.63, 3.8) is 0 Å². The largest absolute Gasteiger partial charge is 0.353 e. The van der Waals surface area contributed by atoms with Crippen molar-refractivity contribution in [3.8, 4) is 5.82 Å². The third-order valence-corrected chi connectivity index (χ3v) is 4.63. The number of carbonyl (C=O) groups is 1. The summed E-state index contributed by atoms with van der Waals surface area (Å²) in [6, 6.07) is 3.80. The summed E-state index contributed by atoms with van der Waals surface area (Å²) in [5, 5.41) is 4.20. The Morgan fingerprint density at radius 2 is 1.83 bits per heavy atom. The molecule has 1 saturated heterocycles. The van der Waals surface area contributed by atoms with Crippen LogP contribution in [0.15, 0.2) is 30.9 Å². The van der Waals surface area contributed by atoms with Crippen LogP contribution in [-0.4, -0.2) is 56.7 Å². The number of hydrogen-bond acceptors (Lipinski definition) is 5. The minimum Gasteiger partial charge on any atom is -0.353 e. The van der Waals surface area contributed by atoms with Gasteiger partial charge in [0, 0.05) is 50.6 Å². The number of aromatic nitrogens is 4. The molecular weight excluding hydrogens is 304 g/mol. The minimum atomic E-state index is 0.155. The van der Waals surface area contributed by atoms with Crippen molar-refractivity contribution in [2.45, 2.75) is 26.7 Å². The highest BCUT2D eigenvalue weighted by Crippen LogP contribution is 2.18. The molecule has 1 amide bonds. The van der Waals surface area contributed by atoms with Crippen LogP contribution >= 0.6 is 0 Å². The second kappa shape index (κ2) is 7.42. The maximum Gasteiger partial charge on any atom is 0.225 e. The van der Waals surface area contributed by atoms with Crippen molar-refractivity contribution >= 4 is 11.7 Å². The van der Waals surface area contributed by atoms with Crippen LogP contribution in [0.4, 0.5) is 5.82 Å². The van der Waals surface area contributed by atoms with Crippen molar-refractivity contribution in [3.05, 3.63) is 30.9 Å². The van der Waals surface area contributed by atoms with Crippen LogP contribution in [-0.2, 0) is 4.79 Å². The number of piperazine rings is 1. The third-order valence-electron chi connectivity index (χ3n) is 4.63. The number of anilines is 1. The van der Waals surface area contributed by atoms with E-state index < -0.39 is 0 Å². The van der Waals surface area contributed by atoms with E-state index in [9.17, 15) is 4.79 Å². The van der Waals surface area contributed by atoms with Gasteiger partial charge in [-0.1, -0.05) is 13.8 Å². The van der Waals surface area contributed by atoms with E-state index in [-0.39, 0.29) is 5.92 Å². The molecule has 128 valence electrons. The standard InChI is InChI=1S/C17H24N6O/c1-3-14(4-2)17(24)22-10-8-21(9-11-22)15-12-16(19-13-18-15)23-7-5-6-20-23/h5-7,12-14H,3-4,8-11H2,1-2H3. The Morgan fingerprint density at radius 1 is 1.12 bits per heavy atom. The molecule has 0 radical (unpaired) electrons. The van der Waals surface area contributed by atoms with Crippen LogP contribution in [0.1, 0.15) is 26.7 Å². The number of hydrogen-bond donors (Lipinski definition) is 0. The Morgan fingerprint density at radius 3 is 2.46 bits per heavy atom. The zero-order valence-electron chi connectivity index (χ0n) is 14.3. The van der Waals surface area contributed by atoms with E-state index in [4.69, 9.17) is 0 Å². The molecule has 0 N–H and O–H groups in total. The molecule has 1 aliphatic heterocycles. The van der Waals surface area contributed by atoms with Crippen molar-refractivity contribution in [2.24, 2.45) is 5.92 Å². The second-order valence-electron chi connectivity index (χ2n) is 6.01. The second-order valence-corrected chi connectivity index (χ2v) is 6.01. The van der Waals surface area contributed by atoms with Crippen LogP contribution in [0.3, 0.4) is 0 Å². The summed E-state index contributed by atoms with van der Waals surface area (Å²) >= 11 is 0. The molecule has 0 atom stereocenters. The lowest BCUT2D eigenvalue weighted by Gasteiger charge is -2.36. The predicted molar refractivity (Wildman–Crippen MR) is 92.0 cm³/mol. The molecule has 0 aromatic carbocycles. The summed E-state index contributed by atoms with van der Waals surface area (Å²) in [6.45, 7) is 7.25. The molecule has 3 rings (SSSR count). The summed E-state index contributed by atoms with van der Waals surface area (Å²) in [5.74, 6) is 2.08. The molecule has 1 aliphatic rings. The van der Waals surface area contributed by atoms with Crippen molar-refractivity contribution < 1.29 is 4.79 Å². The number of nitrogens with zero attached hydrogens (tertiary/aromatic N) is 6. The topological polar surface area (TPSA) is 67.2 Å². The lowest BCUT2D eigenvalue weighted by Crippen LogP contribution is -2.50. The highest BCUT2D eigenvalue weighted by Gasteiger charge is 2.26. The Bertz CT molecular complexity index is 659. The zero-order valence-corrected chi connectivity index (χ0v) is 14.3. The molecule has 2 aromatic rings. The van der Waals surface area contributed by atoms with Gasteiger partial charge in [0.25, 0.3) is 0 Å². The van der Waals surface area contributed by atoms with E-state index in [1.165, 1.54) is 0 Å². The molecule has 7 nitrogen and oxygen atoms in total. The van der Waals surface area contributed by atoms with Crippen molar-refractivity contribution in [2.75, 3.05) is 31.1 Å². The van der Waals surface area contributed by atoms with Gasteiger partial charge in [0.1, 0.15) is 12.1 Å². The molecule has 0 unspecified atom stereocenters. The first kappa shape index (κ1) is 16.4. The van der Waals surface area contributed by atoms with Gasteiger partial charge in [0.15, 0.2) is 5.82 Å². The van der Waals surface area contributed by atoms with Crippen LogP contribution < -0.4 is 4.90 Å². The third kappa shape index (κ3) is 3.39. The molecular formula is C17H24N6O. The van der Waals surface area contributed by atoms with Crippen LogP contribution in [0, 0.1) is 5.92 Å². The molecule has 2 aromatic heterocycles. The van der Waals surface area contributed by atoms with Crippen LogP contribution in [0.5, 0.6) is 0 Å². The van der Waals surface area contributed by atoms with Gasteiger partial charge >= 0.3 is 0 Å². The molecule has 0 spiro atoms. The van der Waals surface area contributed by atoms with E-state index >= 15 is 0 Å². The Balaban J connectivity index is 1.65. The van der Waals surface area contributed by atoms with Gasteiger partial charge in [-0.25, -0.2) is 14.6 Å². The normalized spacial score (nSPS) is 15.1. The molecule has 7 heteroatoms. The first-order valence-electron chi connectivity index (χ1n) is 8.58. The van der Waals surface area contributed by atoms with Gasteiger partial charge < -0.3 is 9.80 Å². The first-order valence-corrected chi connectivity index (χ1v) is 8.58. The lowest BCUT2D eigenvalue weighted by molar-refractivity contribution is -0.136. The van der Waals surface area contributed by atoms with Gasteiger partial charge in [0.05, 0.1) is 0 Å². The smallest absolute Gasteiger partial charge is 0.225 e. The van der Waals surface area contributed by atoms with Crippen molar-refractivity contribution in [1.29, 1.82) is 0 Å². The van der Waals surface area contributed by atoms with E-state index in [1.54, 1.807) is 17.2 Å². The maximum atomic E-state index is 12.5. The van der Waals surface area contributed by atoms with Gasteiger partial charge in [-0.05, 0) is 18.9 Å². The predicted octanol–water partition coefficient (Wildman–Crippen LogP) is 1.75. The summed E-state index contributed by atoms with van der Waals surface area (Å²) < 4.78 is 1.72. The molecule has 1 fully saturated rings. The molecule has 0 bridgehead atoms. The van der Waals surface area contributed by atoms with Crippen molar-refractivity contribution in [1.82, 2.24) is 24.6 Å². The summed E-state index contributed by atoms with van der Waals surface area (Å²) in [7, 11) is 0. The number of carbonyl (C=O) groups excluding carboxylic acids is 1. The fraction of sp³-hybridized carbons (Fsp3) is 0.529. The molecule has 0 aliphatic carbocycles. The van der Waals surface area contributed by atoms with E-state index in [0.29, 0.717) is 5.91 Å². The van der Waals surface area contributed by atoms with Gasteiger partial charge in [-0.3, -0.25) is 4.79 Å². The molecule has 3 heterocycles. The lowest BCUT2D eigenvalue weighted by atomic mass is 10.0. The zero-order chi connectivity index (χ0) is 16.9. The summed E-state index contributed by atoms with van der Waals surface area (Å²) in [4.78, 5) is 25.3. The van der Waals surface area contributed by atoms with Crippen LogP contribution in [0.2, 0.25) is 0 Å². The molecule has 24 heavy (non-hydrogen) atoms. The number of amides is 1. The van der Waals surface area contributed by atoms with Gasteiger partial charge in [-0.2, -0.15) is 5.10 Å². The van der Waals surface area contributed by atoms with Gasteiger partial charge in [-0.15, -0.1) is 0 Å². The summed E-state index contributed by atoms with van der Waals surface area (Å²) in [5.41, 5.74) is 0. The van der Waals surface area contributed by atoms with Crippen LogP contribution in [0.25, 0.3) is 5.82 Å². The maximum absolute atomic E-state index is 12.5. The Labute approximate surface area is 142 Å².